The van der Waals surface area contributed by atoms with E-state index in [0.29, 0.717) is 0 Å². The third-order valence-corrected chi connectivity index (χ3v) is 1.83. The predicted molar refractivity (Wildman–Crippen MR) is 37.1 cm³/mol. The molecule has 0 aromatic heterocycles. The zero-order valence-corrected chi connectivity index (χ0v) is 7.27. The van der Waals surface area contributed by atoms with E-state index in [0.717, 1.165) is 0 Å². The van der Waals surface area contributed by atoms with E-state index < -0.39 is 22.0 Å². The summed E-state index contributed by atoms with van der Waals surface area (Å²) in [6.45, 7) is 4.53. The average Bonchev–Trinajstić information content (AvgIpc) is 1.56. The Balaban J connectivity index is 4.11. The first-order chi connectivity index (χ1) is 4.63. The molecule has 11 heavy (non-hydrogen) atoms. The van der Waals surface area contributed by atoms with Crippen LogP contribution in [0.5, 0.6) is 0 Å². The third-order valence-electron chi connectivity index (χ3n) is 0.609. The summed E-state index contributed by atoms with van der Waals surface area (Å²) in [4.78, 5) is 0. The first-order valence-electron chi connectivity index (χ1n) is 2.89. The van der Waals surface area contributed by atoms with E-state index in [-0.39, 0.29) is 0 Å². The van der Waals surface area contributed by atoms with Crippen LogP contribution in [-0.2, 0) is 11.0 Å². The van der Waals surface area contributed by atoms with Gasteiger partial charge in [-0.3, -0.25) is 0 Å². The van der Waals surface area contributed by atoms with Crippen molar-refractivity contribution < 1.29 is 17.4 Å². The quantitative estimate of drug-likeness (QED) is 0.666. The Morgan fingerprint density at radius 2 is 1.55 bits per heavy atom. The minimum Gasteiger partial charge on any atom is -0.234 e. The molecule has 2 nitrogen and oxygen atoms in total. The lowest BCUT2D eigenvalue weighted by molar-refractivity contribution is -0.0400. The van der Waals surface area contributed by atoms with Crippen molar-refractivity contribution in [3.8, 4) is 0 Å². The molecule has 0 heterocycles. The van der Waals surface area contributed by atoms with Gasteiger partial charge in [-0.1, -0.05) is 0 Å². The molecule has 0 amide bonds. The molecule has 6 heteroatoms. The van der Waals surface area contributed by atoms with Crippen molar-refractivity contribution in [1.82, 2.24) is 4.72 Å². The van der Waals surface area contributed by atoms with E-state index >= 15 is 0 Å². The second-order valence-electron chi connectivity index (χ2n) is 3.07. The molecule has 68 valence electrons. The molecule has 0 aliphatic heterocycles. The zero-order chi connectivity index (χ0) is 9.28. The predicted octanol–water partition coefficient (Wildman–Crippen LogP) is 1.56. The van der Waals surface area contributed by atoms with Crippen molar-refractivity contribution in [2.75, 3.05) is 0 Å². The van der Waals surface area contributed by atoms with Gasteiger partial charge in [0.2, 0.25) is 0 Å². The molecular weight excluding hydrogens is 179 g/mol. The lowest BCUT2D eigenvalue weighted by Crippen LogP contribution is -2.42. The fourth-order valence-electron chi connectivity index (χ4n) is 0.336. The first-order valence-corrected chi connectivity index (χ1v) is 4.04. The first kappa shape index (κ1) is 10.9. The molecule has 1 N–H and O–H groups in total. The highest BCUT2D eigenvalue weighted by Gasteiger charge is 2.38. The second-order valence-corrected chi connectivity index (χ2v) is 4.27. The van der Waals surface area contributed by atoms with Crippen molar-refractivity contribution in [3.05, 3.63) is 0 Å². The highest BCUT2D eigenvalue weighted by molar-refractivity contribution is 7.83. The smallest absolute Gasteiger partial charge is 0.234 e. The molecule has 0 radical (unpaired) electrons. The van der Waals surface area contributed by atoms with Gasteiger partial charge in [0, 0.05) is 5.54 Å². The molecule has 0 saturated heterocycles. The van der Waals surface area contributed by atoms with Gasteiger partial charge >= 0.3 is 5.51 Å². The molecule has 0 spiro atoms. The highest BCUT2D eigenvalue weighted by Crippen LogP contribution is 2.19. The van der Waals surface area contributed by atoms with E-state index in [2.05, 4.69) is 0 Å². The van der Waals surface area contributed by atoms with E-state index in [1.807, 2.05) is 4.72 Å². The summed E-state index contributed by atoms with van der Waals surface area (Å²) in [6, 6.07) is 0. The van der Waals surface area contributed by atoms with Crippen LogP contribution in [0, 0.1) is 0 Å². The Hall–Kier alpha value is -0.100. The summed E-state index contributed by atoms with van der Waals surface area (Å²) in [5.74, 6) is 0. The van der Waals surface area contributed by atoms with Gasteiger partial charge in [0.25, 0.3) is 0 Å². The van der Waals surface area contributed by atoms with Crippen molar-refractivity contribution in [1.29, 1.82) is 0 Å². The Morgan fingerprint density at radius 3 is 1.64 bits per heavy atom. The summed E-state index contributed by atoms with van der Waals surface area (Å²) in [6.07, 6.45) is 0. The van der Waals surface area contributed by atoms with E-state index in [1.165, 1.54) is 20.8 Å². The molecule has 0 saturated carbocycles. The van der Waals surface area contributed by atoms with Gasteiger partial charge in [-0.15, -0.1) is 0 Å². The van der Waals surface area contributed by atoms with Crippen molar-refractivity contribution in [2.24, 2.45) is 0 Å². The number of rotatable bonds is 1. The fourth-order valence-corrected chi connectivity index (χ4v) is 1.01. The van der Waals surface area contributed by atoms with Gasteiger partial charge in [0.15, 0.2) is 11.0 Å². The van der Waals surface area contributed by atoms with Crippen LogP contribution in [0.3, 0.4) is 0 Å². The monoisotopic (exact) mass is 189 g/mol. The Bertz CT molecular complexity index is 160. The number of halogens is 3. The summed E-state index contributed by atoms with van der Waals surface area (Å²) in [5, 5.41) is 0. The normalized spacial score (nSPS) is 16.5. The standard InChI is InChI=1S/C5H10F3NOS/c1-4(2,3)9-11(10)5(6,7)8/h9H,1-3H3. The fraction of sp³-hybridized carbons (Fsp3) is 1.00. The summed E-state index contributed by atoms with van der Waals surface area (Å²) in [5.41, 5.74) is -5.46. The molecule has 0 fully saturated rings. The lowest BCUT2D eigenvalue weighted by atomic mass is 10.1. The molecule has 0 rings (SSSR count). The number of alkyl halides is 3. The number of hydrogen-bond acceptors (Lipinski definition) is 1. The number of hydrogen-bond donors (Lipinski definition) is 1. The van der Waals surface area contributed by atoms with Crippen LogP contribution in [0.4, 0.5) is 13.2 Å². The van der Waals surface area contributed by atoms with Crippen LogP contribution in [0.15, 0.2) is 0 Å². The minimum atomic E-state index is -4.67. The van der Waals surface area contributed by atoms with Crippen LogP contribution in [0.2, 0.25) is 0 Å². The molecule has 1 atom stereocenters. The number of nitrogens with one attached hydrogen (secondary N) is 1. The van der Waals surface area contributed by atoms with Crippen LogP contribution < -0.4 is 4.72 Å². The maximum atomic E-state index is 11.6. The average molecular weight is 189 g/mol. The minimum absolute atomic E-state index is 0.791. The van der Waals surface area contributed by atoms with Gasteiger partial charge < -0.3 is 0 Å². The van der Waals surface area contributed by atoms with Crippen molar-refractivity contribution in [3.63, 3.8) is 0 Å². The lowest BCUT2D eigenvalue weighted by Gasteiger charge is -2.20. The maximum Gasteiger partial charge on any atom is 0.485 e. The molecular formula is C5H10F3NOS. The van der Waals surface area contributed by atoms with E-state index in [1.54, 1.807) is 0 Å². The molecule has 0 aromatic carbocycles. The topological polar surface area (TPSA) is 29.1 Å². The Morgan fingerprint density at radius 1 is 1.18 bits per heavy atom. The summed E-state index contributed by atoms with van der Waals surface area (Å²) >= 11 is 0. The van der Waals surface area contributed by atoms with Crippen LogP contribution in [0.1, 0.15) is 20.8 Å². The third kappa shape index (κ3) is 5.20. The molecule has 0 aliphatic rings. The summed E-state index contributed by atoms with van der Waals surface area (Å²) < 4.78 is 47.1. The Kier molecular flexibility index (Phi) is 3.07. The van der Waals surface area contributed by atoms with Crippen molar-refractivity contribution in [2.45, 2.75) is 31.8 Å². The molecule has 1 unspecified atom stereocenters. The van der Waals surface area contributed by atoms with Gasteiger partial charge in [0.1, 0.15) is 0 Å². The highest BCUT2D eigenvalue weighted by atomic mass is 32.2. The van der Waals surface area contributed by atoms with Gasteiger partial charge in [-0.2, -0.15) is 13.2 Å². The molecule has 0 aromatic rings. The van der Waals surface area contributed by atoms with E-state index in [4.69, 9.17) is 0 Å². The second kappa shape index (κ2) is 3.10. The van der Waals surface area contributed by atoms with Crippen LogP contribution in [-0.4, -0.2) is 15.3 Å². The molecule has 0 bridgehead atoms. The van der Waals surface area contributed by atoms with Gasteiger partial charge in [-0.25, -0.2) is 8.93 Å². The maximum absolute atomic E-state index is 11.6. The van der Waals surface area contributed by atoms with Crippen molar-refractivity contribution >= 4 is 11.0 Å². The zero-order valence-electron chi connectivity index (χ0n) is 6.45. The summed E-state index contributed by atoms with van der Waals surface area (Å²) in [7, 11) is -2.96. The molecule has 0 aliphatic carbocycles. The van der Waals surface area contributed by atoms with Gasteiger partial charge in [-0.05, 0) is 20.8 Å². The van der Waals surface area contributed by atoms with Gasteiger partial charge in [0.05, 0.1) is 0 Å². The Labute approximate surface area is 65.8 Å². The SMILES string of the molecule is CC(C)(C)NS(=O)C(F)(F)F. The van der Waals surface area contributed by atoms with Crippen LogP contribution >= 0.6 is 0 Å². The largest absolute Gasteiger partial charge is 0.485 e. The van der Waals surface area contributed by atoms with E-state index in [9.17, 15) is 17.4 Å². The van der Waals surface area contributed by atoms with Crippen LogP contribution in [0.25, 0.3) is 0 Å².